The molecule has 0 aliphatic carbocycles. The van der Waals surface area contributed by atoms with Gasteiger partial charge >= 0.3 is 0 Å². The van der Waals surface area contributed by atoms with Crippen molar-refractivity contribution in [3.05, 3.63) is 53.5 Å². The van der Waals surface area contributed by atoms with Crippen LogP contribution in [0.25, 0.3) is 0 Å². The predicted octanol–water partition coefficient (Wildman–Crippen LogP) is 3.75. The van der Waals surface area contributed by atoms with Crippen LogP contribution < -0.4 is 4.74 Å². The second-order valence-corrected chi connectivity index (χ2v) is 8.67. The van der Waals surface area contributed by atoms with Crippen LogP contribution in [0.2, 0.25) is 0 Å². The maximum atomic E-state index is 12.8. The van der Waals surface area contributed by atoms with Gasteiger partial charge in [0.2, 0.25) is 5.91 Å². The average molecular weight is 426 g/mol. The highest BCUT2D eigenvalue weighted by molar-refractivity contribution is 5.79. The first kappa shape index (κ1) is 21.9. The summed E-state index contributed by atoms with van der Waals surface area (Å²) in [4.78, 5) is 19.6. The molecular formula is C25H35N3O3. The molecule has 1 aromatic heterocycles. The van der Waals surface area contributed by atoms with Gasteiger partial charge in [-0.25, -0.2) is 0 Å². The van der Waals surface area contributed by atoms with Crippen LogP contribution in [0, 0.1) is 5.92 Å². The van der Waals surface area contributed by atoms with Gasteiger partial charge < -0.3 is 14.1 Å². The number of hydrogen-bond donors (Lipinski definition) is 0. The molecule has 0 radical (unpaired) electrons. The van der Waals surface area contributed by atoms with E-state index in [0.29, 0.717) is 12.5 Å². The van der Waals surface area contributed by atoms with E-state index in [1.165, 1.54) is 11.1 Å². The molecule has 4 rings (SSSR count). The van der Waals surface area contributed by atoms with Crippen molar-refractivity contribution in [3.63, 3.8) is 0 Å². The maximum Gasteiger partial charge on any atom is 0.226 e. The Kier molecular flexibility index (Phi) is 7.30. The van der Waals surface area contributed by atoms with Gasteiger partial charge in [0.25, 0.3) is 0 Å². The first-order valence-corrected chi connectivity index (χ1v) is 11.7. The molecule has 6 heteroatoms. The maximum absolute atomic E-state index is 12.8. The summed E-state index contributed by atoms with van der Waals surface area (Å²) in [5, 5.41) is 0. The van der Waals surface area contributed by atoms with Crippen molar-refractivity contribution in [2.75, 3.05) is 39.3 Å². The largest absolute Gasteiger partial charge is 0.492 e. The van der Waals surface area contributed by atoms with Crippen LogP contribution in [0.3, 0.4) is 0 Å². The highest BCUT2D eigenvalue weighted by atomic mass is 16.5. The zero-order valence-corrected chi connectivity index (χ0v) is 18.9. The number of furan rings is 1. The fourth-order valence-electron chi connectivity index (χ4n) is 4.81. The number of piperidine rings is 1. The molecule has 0 N–H and O–H groups in total. The molecule has 0 unspecified atom stereocenters. The van der Waals surface area contributed by atoms with Crippen molar-refractivity contribution in [1.29, 1.82) is 0 Å². The van der Waals surface area contributed by atoms with E-state index in [1.54, 1.807) is 6.26 Å². The number of amides is 1. The predicted molar refractivity (Wildman–Crippen MR) is 121 cm³/mol. The smallest absolute Gasteiger partial charge is 0.226 e. The third kappa shape index (κ3) is 5.49. The summed E-state index contributed by atoms with van der Waals surface area (Å²) in [5.41, 5.74) is 2.52. The van der Waals surface area contributed by atoms with E-state index >= 15 is 0 Å². The molecule has 6 nitrogen and oxygen atoms in total. The molecule has 1 atom stereocenters. The first-order valence-electron chi connectivity index (χ1n) is 11.7. The Labute approximate surface area is 185 Å². The second kappa shape index (κ2) is 10.3. The molecule has 2 aliphatic rings. The van der Waals surface area contributed by atoms with E-state index in [0.717, 1.165) is 76.7 Å². The van der Waals surface area contributed by atoms with E-state index in [1.807, 2.05) is 17.0 Å². The molecule has 31 heavy (non-hydrogen) atoms. The number of benzene rings is 1. The van der Waals surface area contributed by atoms with Crippen molar-refractivity contribution in [1.82, 2.24) is 14.7 Å². The lowest BCUT2D eigenvalue weighted by molar-refractivity contribution is -0.137. The minimum atomic E-state index is 0.126. The third-order valence-electron chi connectivity index (χ3n) is 6.48. The molecule has 168 valence electrons. The number of rotatable bonds is 7. The fraction of sp³-hybridized carbons (Fsp3) is 0.560. The summed E-state index contributed by atoms with van der Waals surface area (Å²) in [5.74, 6) is 2.41. The monoisotopic (exact) mass is 425 g/mol. The molecule has 3 heterocycles. The van der Waals surface area contributed by atoms with E-state index < -0.39 is 0 Å². The summed E-state index contributed by atoms with van der Waals surface area (Å²) in [6, 6.07) is 10.5. The van der Waals surface area contributed by atoms with Crippen LogP contribution in [0.15, 0.2) is 41.0 Å². The molecule has 0 saturated carbocycles. The molecule has 0 bridgehead atoms. The van der Waals surface area contributed by atoms with Gasteiger partial charge in [-0.05, 0) is 63.1 Å². The zero-order valence-electron chi connectivity index (χ0n) is 18.9. The minimum Gasteiger partial charge on any atom is -0.492 e. The quantitative estimate of drug-likeness (QED) is 0.676. The molecule has 1 aromatic carbocycles. The minimum absolute atomic E-state index is 0.126. The van der Waals surface area contributed by atoms with Crippen LogP contribution in [0.4, 0.5) is 0 Å². The van der Waals surface area contributed by atoms with Crippen LogP contribution in [-0.2, 0) is 24.4 Å². The van der Waals surface area contributed by atoms with Crippen LogP contribution in [-0.4, -0.2) is 59.9 Å². The van der Waals surface area contributed by atoms with E-state index in [2.05, 4.69) is 41.8 Å². The van der Waals surface area contributed by atoms with Gasteiger partial charge in [0.15, 0.2) is 0 Å². The van der Waals surface area contributed by atoms with E-state index in [4.69, 9.17) is 9.15 Å². The standard InChI is InChI=1S/C25H35N3O3/c1-3-28(4-2)25(29)21-7-5-11-26(17-21)16-20-9-10-24-22(15-20)18-27(12-14-31-24)19-23-8-6-13-30-23/h6,8-10,13,15,21H,3-5,7,11-12,14,16-19H2,1-2H3/t21-/m1/s1. The Balaban J connectivity index is 1.40. The summed E-state index contributed by atoms with van der Waals surface area (Å²) < 4.78 is 11.5. The summed E-state index contributed by atoms with van der Waals surface area (Å²) >= 11 is 0. The van der Waals surface area contributed by atoms with Crippen LogP contribution in [0.5, 0.6) is 5.75 Å². The molecule has 2 aliphatic heterocycles. The van der Waals surface area contributed by atoms with Gasteiger partial charge in [0.05, 0.1) is 18.7 Å². The van der Waals surface area contributed by atoms with E-state index in [9.17, 15) is 4.79 Å². The highest BCUT2D eigenvalue weighted by Crippen LogP contribution is 2.27. The van der Waals surface area contributed by atoms with Gasteiger partial charge in [-0.2, -0.15) is 0 Å². The number of nitrogens with zero attached hydrogens (tertiary/aromatic N) is 3. The first-order chi connectivity index (χ1) is 15.2. The Morgan fingerprint density at radius 3 is 2.77 bits per heavy atom. The molecular weight excluding hydrogens is 390 g/mol. The van der Waals surface area contributed by atoms with Crippen molar-refractivity contribution in [2.45, 2.75) is 46.3 Å². The number of carbonyl (C=O) groups excluding carboxylic acids is 1. The van der Waals surface area contributed by atoms with Gasteiger partial charge in [-0.15, -0.1) is 0 Å². The lowest BCUT2D eigenvalue weighted by Gasteiger charge is -2.34. The molecule has 1 fully saturated rings. The third-order valence-corrected chi connectivity index (χ3v) is 6.48. The van der Waals surface area contributed by atoms with Crippen LogP contribution >= 0.6 is 0 Å². The van der Waals surface area contributed by atoms with Crippen molar-refractivity contribution in [3.8, 4) is 5.75 Å². The molecule has 0 spiro atoms. The summed E-state index contributed by atoms with van der Waals surface area (Å²) in [7, 11) is 0. The average Bonchev–Trinajstić information content (AvgIpc) is 3.21. The Morgan fingerprint density at radius 2 is 2.00 bits per heavy atom. The van der Waals surface area contributed by atoms with E-state index in [-0.39, 0.29) is 5.92 Å². The Bertz CT molecular complexity index is 848. The summed E-state index contributed by atoms with van der Waals surface area (Å²) in [6.07, 6.45) is 3.82. The van der Waals surface area contributed by atoms with Crippen molar-refractivity contribution < 1.29 is 13.9 Å². The number of hydrogen-bond acceptors (Lipinski definition) is 5. The molecule has 1 amide bonds. The van der Waals surface area contributed by atoms with Gasteiger partial charge in [0.1, 0.15) is 18.1 Å². The van der Waals surface area contributed by atoms with Crippen LogP contribution in [0.1, 0.15) is 43.6 Å². The number of likely N-dealkylation sites (tertiary alicyclic amines) is 1. The molecule has 1 saturated heterocycles. The van der Waals surface area contributed by atoms with Gasteiger partial charge in [-0.1, -0.05) is 6.07 Å². The lowest BCUT2D eigenvalue weighted by Crippen LogP contribution is -2.44. The number of ether oxygens (including phenoxy) is 1. The van der Waals surface area contributed by atoms with Crippen molar-refractivity contribution in [2.24, 2.45) is 5.92 Å². The number of carbonyl (C=O) groups is 1. The Morgan fingerprint density at radius 1 is 1.13 bits per heavy atom. The van der Waals surface area contributed by atoms with Crippen molar-refractivity contribution >= 4 is 5.91 Å². The second-order valence-electron chi connectivity index (χ2n) is 8.67. The fourth-order valence-corrected chi connectivity index (χ4v) is 4.81. The number of fused-ring (bicyclic) bond motifs is 1. The SMILES string of the molecule is CCN(CC)C(=O)[C@@H]1CCCN(Cc2ccc3c(c2)CN(Cc2ccco2)CCO3)C1. The normalized spacial score (nSPS) is 20.0. The molecule has 2 aromatic rings. The Hall–Kier alpha value is -2.31. The topological polar surface area (TPSA) is 49.2 Å². The zero-order chi connectivity index (χ0) is 21.6. The summed E-state index contributed by atoms with van der Waals surface area (Å²) in [6.45, 7) is 11.7. The van der Waals surface area contributed by atoms with Gasteiger partial charge in [-0.3, -0.25) is 14.6 Å². The van der Waals surface area contributed by atoms with Gasteiger partial charge in [0, 0.05) is 44.8 Å². The lowest BCUT2D eigenvalue weighted by atomic mass is 9.95. The highest BCUT2D eigenvalue weighted by Gasteiger charge is 2.28.